The summed E-state index contributed by atoms with van der Waals surface area (Å²) in [5.74, 6) is 2.21. The molecular formula is C27H34O11. The Labute approximate surface area is 220 Å². The fourth-order valence-electron chi connectivity index (χ4n) is 5.51. The Bertz CT molecular complexity index is 1110. The molecular weight excluding hydrogens is 500 g/mol. The number of hydrogen-bond acceptors (Lipinski definition) is 11. The Morgan fingerprint density at radius 3 is 1.76 bits per heavy atom. The number of aliphatic hydroxyl groups is 4. The zero-order valence-corrected chi connectivity index (χ0v) is 21.4. The lowest BCUT2D eigenvalue weighted by Gasteiger charge is -2.39. The molecule has 11 nitrogen and oxygen atoms in total. The summed E-state index contributed by atoms with van der Waals surface area (Å²) in [6.07, 6.45) is -7.29. The molecule has 3 aliphatic rings. The SMILES string of the molecule is COc1ccc([C@H]2OCC3C2CO[C@H]3c2ccc(O[C@@H]3OC(CO)[C@@H](O)C(O)[C@@H]3O)c(OC)c2)cc1OC. The normalized spacial score (nSPS) is 34.6. The number of aliphatic hydroxyl groups excluding tert-OH is 4. The average Bonchev–Trinajstić information content (AvgIpc) is 3.55. The number of ether oxygens (including phenoxy) is 7. The van der Waals surface area contributed by atoms with Gasteiger partial charge in [0.15, 0.2) is 23.0 Å². The molecule has 5 rings (SSSR count). The average molecular weight is 535 g/mol. The van der Waals surface area contributed by atoms with Crippen LogP contribution in [-0.2, 0) is 14.2 Å². The third kappa shape index (κ3) is 4.79. The van der Waals surface area contributed by atoms with Crippen LogP contribution >= 0.6 is 0 Å². The minimum absolute atomic E-state index is 0.120. The largest absolute Gasteiger partial charge is 0.493 e. The van der Waals surface area contributed by atoms with Gasteiger partial charge in [-0.2, -0.15) is 0 Å². The summed E-state index contributed by atoms with van der Waals surface area (Å²) in [6.45, 7) is 0.508. The van der Waals surface area contributed by atoms with Crippen LogP contribution in [0.4, 0.5) is 0 Å². The highest BCUT2D eigenvalue weighted by atomic mass is 16.7. The molecule has 3 fully saturated rings. The third-order valence-electron chi connectivity index (χ3n) is 7.61. The van der Waals surface area contributed by atoms with Crippen molar-refractivity contribution in [1.29, 1.82) is 0 Å². The molecule has 4 unspecified atom stereocenters. The van der Waals surface area contributed by atoms with Crippen LogP contribution in [0.15, 0.2) is 36.4 Å². The van der Waals surface area contributed by atoms with Crippen molar-refractivity contribution in [2.45, 2.75) is 42.9 Å². The zero-order chi connectivity index (χ0) is 27.0. The number of fused-ring (bicyclic) bond motifs is 1. The van der Waals surface area contributed by atoms with Gasteiger partial charge in [0.25, 0.3) is 0 Å². The van der Waals surface area contributed by atoms with Crippen molar-refractivity contribution in [2.75, 3.05) is 41.2 Å². The van der Waals surface area contributed by atoms with E-state index in [0.29, 0.717) is 30.5 Å². The highest BCUT2D eigenvalue weighted by molar-refractivity contribution is 5.45. The molecule has 0 radical (unpaired) electrons. The molecule has 2 aromatic carbocycles. The summed E-state index contributed by atoms with van der Waals surface area (Å²) in [5.41, 5.74) is 1.88. The van der Waals surface area contributed by atoms with Gasteiger partial charge in [-0.05, 0) is 35.4 Å². The van der Waals surface area contributed by atoms with Crippen molar-refractivity contribution < 1.29 is 53.6 Å². The second-order valence-electron chi connectivity index (χ2n) is 9.68. The standard InChI is InChI=1S/C27H34O11/c1-32-17-6-4-13(8-19(17)33-2)25-15-11-36-26(16(15)12-35-25)14-5-7-18(20(9-14)34-3)37-27-24(31)23(30)22(29)21(10-28)38-27/h4-9,15-16,21-31H,10-12H2,1-3H3/t15?,16?,21?,22-,23?,24+,25-,26+,27-/m1/s1. The molecule has 9 atom stereocenters. The van der Waals surface area contributed by atoms with Gasteiger partial charge in [0.05, 0.1) is 53.4 Å². The topological polar surface area (TPSA) is 146 Å². The molecule has 0 spiro atoms. The van der Waals surface area contributed by atoms with Crippen molar-refractivity contribution in [3.63, 3.8) is 0 Å². The number of hydrogen-bond donors (Lipinski definition) is 4. The first-order chi connectivity index (χ1) is 18.4. The van der Waals surface area contributed by atoms with E-state index in [4.69, 9.17) is 33.2 Å². The van der Waals surface area contributed by atoms with E-state index in [9.17, 15) is 20.4 Å². The molecule has 208 valence electrons. The van der Waals surface area contributed by atoms with Gasteiger partial charge in [0, 0.05) is 11.8 Å². The molecule has 3 saturated heterocycles. The van der Waals surface area contributed by atoms with Gasteiger partial charge in [-0.25, -0.2) is 0 Å². The molecule has 38 heavy (non-hydrogen) atoms. The van der Waals surface area contributed by atoms with Crippen LogP contribution in [0.1, 0.15) is 23.3 Å². The van der Waals surface area contributed by atoms with E-state index in [1.165, 1.54) is 7.11 Å². The van der Waals surface area contributed by atoms with Gasteiger partial charge in [0.1, 0.15) is 24.4 Å². The highest BCUT2D eigenvalue weighted by Crippen LogP contribution is 2.51. The zero-order valence-electron chi connectivity index (χ0n) is 21.4. The predicted octanol–water partition coefficient (Wildman–Crippen LogP) is 0.966. The van der Waals surface area contributed by atoms with Crippen molar-refractivity contribution in [1.82, 2.24) is 0 Å². The maximum absolute atomic E-state index is 10.3. The summed E-state index contributed by atoms with van der Waals surface area (Å²) in [5, 5.41) is 39.8. The number of rotatable bonds is 8. The Morgan fingerprint density at radius 2 is 1.24 bits per heavy atom. The first kappa shape index (κ1) is 26.9. The van der Waals surface area contributed by atoms with Gasteiger partial charge in [0.2, 0.25) is 6.29 Å². The van der Waals surface area contributed by atoms with Crippen LogP contribution in [0, 0.1) is 11.8 Å². The molecule has 11 heteroatoms. The number of methoxy groups -OCH3 is 3. The quantitative estimate of drug-likeness (QED) is 0.384. The van der Waals surface area contributed by atoms with Crippen LogP contribution in [0.5, 0.6) is 23.0 Å². The molecule has 3 aliphatic heterocycles. The molecule has 0 amide bonds. The van der Waals surface area contributed by atoms with Crippen molar-refractivity contribution in [3.8, 4) is 23.0 Å². The van der Waals surface area contributed by atoms with E-state index in [1.54, 1.807) is 26.4 Å². The van der Waals surface area contributed by atoms with E-state index >= 15 is 0 Å². The Morgan fingerprint density at radius 1 is 0.711 bits per heavy atom. The van der Waals surface area contributed by atoms with Crippen LogP contribution < -0.4 is 18.9 Å². The van der Waals surface area contributed by atoms with Crippen LogP contribution in [0.3, 0.4) is 0 Å². The maximum Gasteiger partial charge on any atom is 0.229 e. The van der Waals surface area contributed by atoms with Crippen molar-refractivity contribution >= 4 is 0 Å². The molecule has 0 aromatic heterocycles. The van der Waals surface area contributed by atoms with Crippen LogP contribution in [0.25, 0.3) is 0 Å². The third-order valence-corrected chi connectivity index (χ3v) is 7.61. The molecule has 4 N–H and O–H groups in total. The molecule has 3 heterocycles. The van der Waals surface area contributed by atoms with Gasteiger partial charge >= 0.3 is 0 Å². The Balaban J connectivity index is 1.31. The van der Waals surface area contributed by atoms with Crippen LogP contribution in [-0.4, -0.2) is 92.3 Å². The van der Waals surface area contributed by atoms with Gasteiger partial charge < -0.3 is 53.6 Å². The lowest BCUT2D eigenvalue weighted by molar-refractivity contribution is -0.277. The highest BCUT2D eigenvalue weighted by Gasteiger charge is 2.49. The lowest BCUT2D eigenvalue weighted by atomic mass is 9.85. The summed E-state index contributed by atoms with van der Waals surface area (Å²) >= 11 is 0. The molecule has 0 bridgehead atoms. The van der Waals surface area contributed by atoms with E-state index < -0.39 is 37.3 Å². The minimum atomic E-state index is -1.54. The molecule has 0 saturated carbocycles. The van der Waals surface area contributed by atoms with Gasteiger partial charge in [-0.1, -0.05) is 12.1 Å². The first-order valence-corrected chi connectivity index (χ1v) is 12.5. The summed E-state index contributed by atoms with van der Waals surface area (Å²) in [4.78, 5) is 0. The monoisotopic (exact) mass is 534 g/mol. The second-order valence-corrected chi connectivity index (χ2v) is 9.68. The maximum atomic E-state index is 10.3. The van der Waals surface area contributed by atoms with Crippen molar-refractivity contribution in [2.24, 2.45) is 11.8 Å². The van der Waals surface area contributed by atoms with Gasteiger partial charge in [-0.3, -0.25) is 0 Å². The number of benzene rings is 2. The van der Waals surface area contributed by atoms with Crippen LogP contribution in [0.2, 0.25) is 0 Å². The fraction of sp³-hybridized carbons (Fsp3) is 0.556. The van der Waals surface area contributed by atoms with Gasteiger partial charge in [-0.15, -0.1) is 0 Å². The lowest BCUT2D eigenvalue weighted by Crippen LogP contribution is -2.60. The van der Waals surface area contributed by atoms with E-state index in [-0.39, 0.29) is 29.8 Å². The predicted molar refractivity (Wildman–Crippen MR) is 131 cm³/mol. The Kier molecular flexibility index (Phi) is 7.96. The molecule has 0 aliphatic carbocycles. The van der Waals surface area contributed by atoms with E-state index in [2.05, 4.69) is 0 Å². The van der Waals surface area contributed by atoms with Crippen molar-refractivity contribution in [3.05, 3.63) is 47.5 Å². The Hall–Kier alpha value is -2.64. The smallest absolute Gasteiger partial charge is 0.229 e. The first-order valence-electron chi connectivity index (χ1n) is 12.5. The summed E-state index contributed by atoms with van der Waals surface area (Å²) in [7, 11) is 4.69. The minimum Gasteiger partial charge on any atom is -0.493 e. The van der Waals surface area contributed by atoms with E-state index in [1.807, 2.05) is 24.3 Å². The van der Waals surface area contributed by atoms with E-state index in [0.717, 1.165) is 11.1 Å². The second kappa shape index (κ2) is 11.2. The molecule has 2 aromatic rings. The fourth-order valence-corrected chi connectivity index (χ4v) is 5.51. The summed E-state index contributed by atoms with van der Waals surface area (Å²) in [6, 6.07) is 11.1. The summed E-state index contributed by atoms with van der Waals surface area (Å²) < 4.78 is 40.1.